The van der Waals surface area contributed by atoms with E-state index < -0.39 is 50.9 Å². The lowest BCUT2D eigenvalue weighted by Gasteiger charge is -2.14. The molecule has 1 atom stereocenters. The Hall–Kier alpha value is -1.22. The minimum absolute atomic E-state index is 0.579. The van der Waals surface area contributed by atoms with Crippen LogP contribution in [0, 0.1) is 29.1 Å². The van der Waals surface area contributed by atoms with Crippen LogP contribution in [0.3, 0.4) is 0 Å². The second-order valence-electron chi connectivity index (χ2n) is 3.43. The maximum atomic E-state index is 13.2. The van der Waals surface area contributed by atoms with E-state index in [1.807, 2.05) is 0 Å². The van der Waals surface area contributed by atoms with Gasteiger partial charge in [0.05, 0.1) is 11.8 Å². The highest BCUT2D eigenvalue weighted by Crippen LogP contribution is 2.30. The van der Waals surface area contributed by atoms with Crippen molar-refractivity contribution in [1.82, 2.24) is 0 Å². The molecule has 0 aliphatic rings. The van der Waals surface area contributed by atoms with Crippen LogP contribution in [0.5, 0.6) is 0 Å². The molecule has 0 N–H and O–H groups in total. The van der Waals surface area contributed by atoms with Gasteiger partial charge in [0, 0.05) is 0 Å². The highest BCUT2D eigenvalue weighted by molar-refractivity contribution is 7.86. The van der Waals surface area contributed by atoms with E-state index in [0.29, 0.717) is 6.26 Å². The maximum absolute atomic E-state index is 13.2. The van der Waals surface area contributed by atoms with Crippen molar-refractivity contribution in [2.24, 2.45) is 0 Å². The molecule has 0 heterocycles. The molecule has 0 saturated carbocycles. The minimum Gasteiger partial charge on any atom is -0.262 e. The summed E-state index contributed by atoms with van der Waals surface area (Å²) in [5.41, 5.74) is -1.34. The topological polar surface area (TPSA) is 43.4 Å². The van der Waals surface area contributed by atoms with Crippen molar-refractivity contribution >= 4 is 10.1 Å². The van der Waals surface area contributed by atoms with Crippen molar-refractivity contribution in [3.8, 4) is 0 Å². The summed E-state index contributed by atoms with van der Waals surface area (Å²) < 4.78 is 90.5. The lowest BCUT2D eigenvalue weighted by molar-refractivity contribution is 0.218. The van der Waals surface area contributed by atoms with Crippen LogP contribution in [-0.4, -0.2) is 14.7 Å². The maximum Gasteiger partial charge on any atom is 0.264 e. The molecule has 0 radical (unpaired) electrons. The van der Waals surface area contributed by atoms with E-state index in [-0.39, 0.29) is 0 Å². The molecule has 1 unspecified atom stereocenters. The summed E-state index contributed by atoms with van der Waals surface area (Å²) in [6.45, 7) is 0.847. The fraction of sp³-hybridized carbons (Fsp3) is 0.333. The van der Waals surface area contributed by atoms with Gasteiger partial charge in [-0.15, -0.1) is 0 Å². The molecule has 102 valence electrons. The summed E-state index contributed by atoms with van der Waals surface area (Å²) in [4.78, 5) is 0. The molecule has 1 aromatic carbocycles. The van der Waals surface area contributed by atoms with Crippen molar-refractivity contribution in [3.63, 3.8) is 0 Å². The van der Waals surface area contributed by atoms with Crippen molar-refractivity contribution in [2.45, 2.75) is 13.0 Å². The normalized spacial score (nSPS) is 13.7. The SMILES string of the molecule is CC(OS(C)(=O)=O)c1c(F)c(F)c(F)c(F)c1F. The van der Waals surface area contributed by atoms with Gasteiger partial charge in [-0.3, -0.25) is 4.18 Å². The van der Waals surface area contributed by atoms with Crippen LogP contribution in [0.1, 0.15) is 18.6 Å². The van der Waals surface area contributed by atoms with Gasteiger partial charge in [0.25, 0.3) is 10.1 Å². The van der Waals surface area contributed by atoms with Crippen LogP contribution in [0.25, 0.3) is 0 Å². The Morgan fingerprint density at radius 2 is 1.22 bits per heavy atom. The second kappa shape index (κ2) is 4.81. The fourth-order valence-corrected chi connectivity index (χ4v) is 1.91. The van der Waals surface area contributed by atoms with Gasteiger partial charge >= 0.3 is 0 Å². The Balaban J connectivity index is 3.42. The number of hydrogen-bond donors (Lipinski definition) is 0. The third-order valence-corrected chi connectivity index (χ3v) is 2.61. The molecule has 1 aromatic rings. The molecule has 0 aromatic heterocycles. The van der Waals surface area contributed by atoms with Gasteiger partial charge in [-0.25, -0.2) is 22.0 Å². The van der Waals surface area contributed by atoms with Gasteiger partial charge in [-0.05, 0) is 6.92 Å². The molecule has 0 amide bonds. The lowest BCUT2D eigenvalue weighted by atomic mass is 10.1. The van der Waals surface area contributed by atoms with Crippen molar-refractivity contribution in [2.75, 3.05) is 6.26 Å². The van der Waals surface area contributed by atoms with Crippen LogP contribution in [0.4, 0.5) is 22.0 Å². The van der Waals surface area contributed by atoms with E-state index in [0.717, 1.165) is 6.92 Å². The molecule has 0 fully saturated rings. The average Bonchev–Trinajstić information content (AvgIpc) is 2.21. The van der Waals surface area contributed by atoms with Gasteiger partial charge < -0.3 is 0 Å². The third kappa shape index (κ3) is 2.78. The van der Waals surface area contributed by atoms with Crippen molar-refractivity contribution in [1.29, 1.82) is 0 Å². The van der Waals surface area contributed by atoms with Gasteiger partial charge in [0.1, 0.15) is 6.10 Å². The van der Waals surface area contributed by atoms with Gasteiger partial charge in [0.2, 0.25) is 5.82 Å². The van der Waals surface area contributed by atoms with Crippen LogP contribution in [0.15, 0.2) is 0 Å². The Morgan fingerprint density at radius 1 is 0.889 bits per heavy atom. The van der Waals surface area contributed by atoms with Crippen molar-refractivity contribution in [3.05, 3.63) is 34.6 Å². The molecule has 0 spiro atoms. The zero-order valence-corrected chi connectivity index (χ0v) is 9.92. The standard InChI is InChI=1S/C9H7F5O3S/c1-3(17-18(2,15)16)4-5(10)7(12)9(14)8(13)6(4)11/h3H,1-2H3. The first kappa shape index (κ1) is 14.8. The molecular weight excluding hydrogens is 283 g/mol. The monoisotopic (exact) mass is 290 g/mol. The fourth-order valence-electron chi connectivity index (χ4n) is 1.29. The van der Waals surface area contributed by atoms with Crippen LogP contribution in [0.2, 0.25) is 0 Å². The first-order valence-corrected chi connectivity index (χ1v) is 6.27. The summed E-state index contributed by atoms with van der Waals surface area (Å²) in [5.74, 6) is -10.9. The average molecular weight is 290 g/mol. The van der Waals surface area contributed by atoms with Crippen LogP contribution >= 0.6 is 0 Å². The quantitative estimate of drug-likeness (QED) is 0.371. The van der Waals surface area contributed by atoms with Crippen LogP contribution in [-0.2, 0) is 14.3 Å². The number of hydrogen-bond acceptors (Lipinski definition) is 3. The Morgan fingerprint density at radius 3 is 1.56 bits per heavy atom. The van der Waals surface area contributed by atoms with Gasteiger partial charge in [-0.1, -0.05) is 0 Å². The third-order valence-electron chi connectivity index (χ3n) is 1.97. The summed E-state index contributed by atoms with van der Waals surface area (Å²) >= 11 is 0. The van der Waals surface area contributed by atoms with Gasteiger partial charge in [0.15, 0.2) is 23.3 Å². The summed E-state index contributed by atoms with van der Waals surface area (Å²) in [7, 11) is -4.11. The zero-order chi connectivity index (χ0) is 14.2. The molecule has 9 heteroatoms. The Labute approximate surface area is 99.3 Å². The number of benzene rings is 1. The first-order valence-electron chi connectivity index (χ1n) is 4.45. The van der Waals surface area contributed by atoms with E-state index in [1.165, 1.54) is 0 Å². The second-order valence-corrected chi connectivity index (χ2v) is 5.03. The predicted molar refractivity (Wildman–Crippen MR) is 50.6 cm³/mol. The molecular formula is C9H7F5O3S. The van der Waals surface area contributed by atoms with Gasteiger partial charge in [-0.2, -0.15) is 8.42 Å². The largest absolute Gasteiger partial charge is 0.264 e. The molecule has 3 nitrogen and oxygen atoms in total. The van der Waals surface area contributed by atoms with E-state index in [9.17, 15) is 30.4 Å². The van der Waals surface area contributed by atoms with E-state index in [2.05, 4.69) is 4.18 Å². The first-order chi connectivity index (χ1) is 8.06. The highest BCUT2D eigenvalue weighted by atomic mass is 32.2. The molecule has 0 bridgehead atoms. The van der Waals surface area contributed by atoms with E-state index in [4.69, 9.17) is 0 Å². The molecule has 18 heavy (non-hydrogen) atoms. The minimum atomic E-state index is -4.11. The molecule has 0 saturated heterocycles. The summed E-state index contributed by atoms with van der Waals surface area (Å²) in [6, 6.07) is 0. The summed E-state index contributed by atoms with van der Waals surface area (Å²) in [6.07, 6.45) is -1.26. The lowest BCUT2D eigenvalue weighted by Crippen LogP contribution is -2.14. The number of rotatable bonds is 3. The molecule has 0 aliphatic carbocycles. The van der Waals surface area contributed by atoms with Crippen LogP contribution < -0.4 is 0 Å². The molecule has 0 aliphatic heterocycles. The zero-order valence-electron chi connectivity index (χ0n) is 9.10. The Kier molecular flexibility index (Phi) is 3.96. The van der Waals surface area contributed by atoms with E-state index in [1.54, 1.807) is 0 Å². The van der Waals surface area contributed by atoms with Crippen molar-refractivity contribution < 1.29 is 34.6 Å². The smallest absolute Gasteiger partial charge is 0.262 e. The van der Waals surface area contributed by atoms with E-state index >= 15 is 0 Å². The molecule has 1 rings (SSSR count). The highest BCUT2D eigenvalue weighted by Gasteiger charge is 2.30. The summed E-state index contributed by atoms with van der Waals surface area (Å²) in [5, 5.41) is 0. The Bertz CT molecular complexity index is 555. The predicted octanol–water partition coefficient (Wildman–Crippen LogP) is 2.42. The number of halogens is 5.